The van der Waals surface area contributed by atoms with Gasteiger partial charge in [-0.15, -0.1) is 0 Å². The van der Waals surface area contributed by atoms with E-state index in [2.05, 4.69) is 15.0 Å². The maximum atomic E-state index is 5.82. The Morgan fingerprint density at radius 3 is 2.62 bits per heavy atom. The van der Waals surface area contributed by atoms with Gasteiger partial charge in [0.1, 0.15) is 5.82 Å². The SMILES string of the molecule is Cc1nc(-c2ccccn2)cc(C(C)N)n1. The Labute approximate surface area is 94.6 Å². The number of nitrogens with two attached hydrogens (primary N) is 1. The molecule has 1 atom stereocenters. The van der Waals surface area contributed by atoms with Crippen molar-refractivity contribution in [3.8, 4) is 11.4 Å². The van der Waals surface area contributed by atoms with Gasteiger partial charge in [0.2, 0.25) is 0 Å². The number of aromatic nitrogens is 3. The molecule has 0 bridgehead atoms. The molecule has 0 aliphatic heterocycles. The third kappa shape index (κ3) is 2.23. The van der Waals surface area contributed by atoms with E-state index in [1.807, 2.05) is 38.1 Å². The van der Waals surface area contributed by atoms with Crippen LogP contribution in [0.3, 0.4) is 0 Å². The molecule has 2 heterocycles. The number of hydrogen-bond donors (Lipinski definition) is 1. The van der Waals surface area contributed by atoms with E-state index in [-0.39, 0.29) is 6.04 Å². The van der Waals surface area contributed by atoms with Crippen molar-refractivity contribution < 1.29 is 0 Å². The molecule has 0 fully saturated rings. The molecule has 0 saturated heterocycles. The summed E-state index contributed by atoms with van der Waals surface area (Å²) in [5.74, 6) is 0.718. The highest BCUT2D eigenvalue weighted by Crippen LogP contribution is 2.17. The standard InChI is InChI=1S/C12H14N4/c1-8(13)11-7-12(16-9(2)15-11)10-5-3-4-6-14-10/h3-8H,13H2,1-2H3. The van der Waals surface area contributed by atoms with Crippen molar-refractivity contribution in [3.63, 3.8) is 0 Å². The van der Waals surface area contributed by atoms with Crippen molar-refractivity contribution >= 4 is 0 Å². The van der Waals surface area contributed by atoms with Gasteiger partial charge in [-0.3, -0.25) is 4.98 Å². The second-order valence-corrected chi connectivity index (χ2v) is 3.73. The smallest absolute Gasteiger partial charge is 0.126 e. The summed E-state index contributed by atoms with van der Waals surface area (Å²) in [4.78, 5) is 12.9. The molecule has 0 amide bonds. The van der Waals surface area contributed by atoms with Crippen LogP contribution in [-0.4, -0.2) is 15.0 Å². The molecular formula is C12H14N4. The number of nitrogens with zero attached hydrogens (tertiary/aromatic N) is 3. The van der Waals surface area contributed by atoms with E-state index in [1.54, 1.807) is 6.20 Å². The highest BCUT2D eigenvalue weighted by molar-refractivity contribution is 5.54. The number of hydrogen-bond acceptors (Lipinski definition) is 4. The van der Waals surface area contributed by atoms with Crippen molar-refractivity contribution in [3.05, 3.63) is 42.0 Å². The van der Waals surface area contributed by atoms with Crippen LogP contribution >= 0.6 is 0 Å². The molecule has 0 aliphatic carbocycles. The molecule has 2 aromatic heterocycles. The minimum Gasteiger partial charge on any atom is -0.323 e. The van der Waals surface area contributed by atoms with Gasteiger partial charge in [0.05, 0.1) is 17.1 Å². The molecule has 2 rings (SSSR count). The van der Waals surface area contributed by atoms with E-state index in [0.29, 0.717) is 0 Å². The predicted octanol–water partition coefficient (Wildman–Crippen LogP) is 1.87. The minimum absolute atomic E-state index is 0.0934. The van der Waals surface area contributed by atoms with Crippen LogP contribution in [0.5, 0.6) is 0 Å². The molecule has 2 N–H and O–H groups in total. The van der Waals surface area contributed by atoms with Crippen LogP contribution in [-0.2, 0) is 0 Å². The molecule has 0 spiro atoms. The van der Waals surface area contributed by atoms with Crippen LogP contribution in [0.25, 0.3) is 11.4 Å². The van der Waals surface area contributed by atoms with E-state index in [0.717, 1.165) is 22.9 Å². The third-order valence-corrected chi connectivity index (χ3v) is 2.25. The zero-order chi connectivity index (χ0) is 11.5. The van der Waals surface area contributed by atoms with Gasteiger partial charge in [-0.2, -0.15) is 0 Å². The summed E-state index contributed by atoms with van der Waals surface area (Å²) in [6, 6.07) is 7.53. The van der Waals surface area contributed by atoms with Crippen molar-refractivity contribution in [1.82, 2.24) is 15.0 Å². The van der Waals surface area contributed by atoms with Crippen LogP contribution < -0.4 is 5.73 Å². The number of pyridine rings is 1. The molecule has 4 heteroatoms. The Balaban J connectivity index is 2.50. The Morgan fingerprint density at radius 1 is 1.19 bits per heavy atom. The predicted molar refractivity (Wildman–Crippen MR) is 62.6 cm³/mol. The maximum Gasteiger partial charge on any atom is 0.126 e. The van der Waals surface area contributed by atoms with Gasteiger partial charge < -0.3 is 5.73 Å². The lowest BCUT2D eigenvalue weighted by Crippen LogP contribution is -2.09. The number of aryl methyl sites for hydroxylation is 1. The first-order chi connectivity index (χ1) is 7.66. The Hall–Kier alpha value is -1.81. The zero-order valence-electron chi connectivity index (χ0n) is 9.38. The van der Waals surface area contributed by atoms with Crippen molar-refractivity contribution in [2.45, 2.75) is 19.9 Å². The van der Waals surface area contributed by atoms with Crippen molar-refractivity contribution in [2.24, 2.45) is 5.73 Å². The second kappa shape index (κ2) is 4.37. The van der Waals surface area contributed by atoms with Gasteiger partial charge in [-0.25, -0.2) is 9.97 Å². The normalized spacial score (nSPS) is 12.4. The first-order valence-corrected chi connectivity index (χ1v) is 5.19. The molecule has 0 aliphatic rings. The maximum absolute atomic E-state index is 5.82. The van der Waals surface area contributed by atoms with Gasteiger partial charge in [-0.1, -0.05) is 6.07 Å². The van der Waals surface area contributed by atoms with Crippen LogP contribution in [0.4, 0.5) is 0 Å². The Morgan fingerprint density at radius 2 is 2.00 bits per heavy atom. The lowest BCUT2D eigenvalue weighted by Gasteiger charge is -2.07. The van der Waals surface area contributed by atoms with Crippen LogP contribution in [0.1, 0.15) is 24.5 Å². The highest BCUT2D eigenvalue weighted by atomic mass is 14.9. The summed E-state index contributed by atoms with van der Waals surface area (Å²) >= 11 is 0. The molecule has 0 saturated carbocycles. The lowest BCUT2D eigenvalue weighted by molar-refractivity contribution is 0.766. The van der Waals surface area contributed by atoms with Crippen molar-refractivity contribution in [1.29, 1.82) is 0 Å². The van der Waals surface area contributed by atoms with Gasteiger partial charge in [0.25, 0.3) is 0 Å². The van der Waals surface area contributed by atoms with Crippen LogP contribution in [0.2, 0.25) is 0 Å². The summed E-state index contributed by atoms with van der Waals surface area (Å²) in [6.07, 6.45) is 1.75. The minimum atomic E-state index is -0.0934. The highest BCUT2D eigenvalue weighted by Gasteiger charge is 2.07. The molecule has 4 nitrogen and oxygen atoms in total. The molecule has 82 valence electrons. The Bertz CT molecular complexity index is 480. The average molecular weight is 214 g/mol. The molecule has 0 aromatic carbocycles. The van der Waals surface area contributed by atoms with E-state index in [1.165, 1.54) is 0 Å². The monoisotopic (exact) mass is 214 g/mol. The van der Waals surface area contributed by atoms with Gasteiger partial charge in [0, 0.05) is 12.2 Å². The lowest BCUT2D eigenvalue weighted by atomic mass is 10.2. The molecule has 16 heavy (non-hydrogen) atoms. The van der Waals surface area contributed by atoms with Crippen LogP contribution in [0.15, 0.2) is 30.5 Å². The quantitative estimate of drug-likeness (QED) is 0.828. The van der Waals surface area contributed by atoms with E-state index >= 15 is 0 Å². The van der Waals surface area contributed by atoms with E-state index < -0.39 is 0 Å². The van der Waals surface area contributed by atoms with E-state index in [9.17, 15) is 0 Å². The summed E-state index contributed by atoms with van der Waals surface area (Å²) in [6.45, 7) is 3.77. The fourth-order valence-corrected chi connectivity index (χ4v) is 1.47. The van der Waals surface area contributed by atoms with Crippen LogP contribution in [0, 0.1) is 6.92 Å². The van der Waals surface area contributed by atoms with Gasteiger partial charge in [-0.05, 0) is 32.0 Å². The zero-order valence-corrected chi connectivity index (χ0v) is 9.38. The fraction of sp³-hybridized carbons (Fsp3) is 0.250. The molecule has 1 unspecified atom stereocenters. The summed E-state index contributed by atoms with van der Waals surface area (Å²) < 4.78 is 0. The average Bonchev–Trinajstić information content (AvgIpc) is 2.29. The summed E-state index contributed by atoms with van der Waals surface area (Å²) in [5, 5.41) is 0. The summed E-state index contributed by atoms with van der Waals surface area (Å²) in [7, 11) is 0. The Kier molecular flexibility index (Phi) is 2.92. The van der Waals surface area contributed by atoms with E-state index in [4.69, 9.17) is 5.73 Å². The molecular weight excluding hydrogens is 200 g/mol. The number of rotatable bonds is 2. The second-order valence-electron chi connectivity index (χ2n) is 3.73. The third-order valence-electron chi connectivity index (χ3n) is 2.25. The van der Waals surface area contributed by atoms with Crippen molar-refractivity contribution in [2.75, 3.05) is 0 Å². The van der Waals surface area contributed by atoms with Gasteiger partial charge >= 0.3 is 0 Å². The first kappa shape index (κ1) is 10.7. The fourth-order valence-electron chi connectivity index (χ4n) is 1.47. The molecule has 2 aromatic rings. The summed E-state index contributed by atoms with van der Waals surface area (Å²) in [5.41, 5.74) is 8.32. The largest absolute Gasteiger partial charge is 0.323 e. The van der Waals surface area contributed by atoms with Gasteiger partial charge in [0.15, 0.2) is 0 Å². The first-order valence-electron chi connectivity index (χ1n) is 5.19. The topological polar surface area (TPSA) is 64.7 Å². The molecule has 0 radical (unpaired) electrons.